The van der Waals surface area contributed by atoms with E-state index in [0.717, 1.165) is 5.69 Å². The van der Waals surface area contributed by atoms with E-state index in [1.807, 2.05) is 45.4 Å². The molecule has 1 aliphatic heterocycles. The number of nitrogens with one attached hydrogen (secondary N) is 2. The van der Waals surface area contributed by atoms with E-state index in [1.54, 1.807) is 4.90 Å². The largest absolute Gasteiger partial charge is 0.378 e. The number of amides is 3. The molecule has 0 bridgehead atoms. The number of carbonyl (C=O) groups excluding carboxylic acids is 2. The maximum absolute atomic E-state index is 12.9. The van der Waals surface area contributed by atoms with Gasteiger partial charge in [0.2, 0.25) is 5.91 Å². The highest BCUT2D eigenvalue weighted by atomic mass is 16.5. The first-order valence-corrected chi connectivity index (χ1v) is 10.4. The van der Waals surface area contributed by atoms with Crippen LogP contribution in [0.1, 0.15) is 61.1 Å². The van der Waals surface area contributed by atoms with E-state index in [9.17, 15) is 9.59 Å². The highest BCUT2D eigenvalue weighted by Crippen LogP contribution is 2.28. The average molecular weight is 408 g/mol. The fraction of sp³-hybridized carbons (Fsp3) is 0.762. The Morgan fingerprint density at radius 1 is 1.10 bits per heavy atom. The number of anilines is 1. The second-order valence-electron chi connectivity index (χ2n) is 10.0. The molecule has 8 nitrogen and oxygen atoms in total. The van der Waals surface area contributed by atoms with Gasteiger partial charge in [-0.25, -0.2) is 9.48 Å². The van der Waals surface area contributed by atoms with Crippen LogP contribution in [0, 0.1) is 5.92 Å². The van der Waals surface area contributed by atoms with Crippen LogP contribution in [0.25, 0.3) is 0 Å². The van der Waals surface area contributed by atoms with E-state index in [4.69, 9.17) is 9.84 Å². The quantitative estimate of drug-likeness (QED) is 0.803. The van der Waals surface area contributed by atoms with Crippen LogP contribution < -0.4 is 10.6 Å². The van der Waals surface area contributed by atoms with Crippen molar-refractivity contribution in [3.05, 3.63) is 11.8 Å². The maximum atomic E-state index is 12.9. The van der Waals surface area contributed by atoms with Crippen LogP contribution in [0.4, 0.5) is 10.6 Å². The van der Waals surface area contributed by atoms with Crippen LogP contribution in [0.15, 0.2) is 6.07 Å². The van der Waals surface area contributed by atoms with Gasteiger partial charge in [-0.05, 0) is 26.7 Å². The molecule has 29 heavy (non-hydrogen) atoms. The Morgan fingerprint density at radius 2 is 1.69 bits per heavy atom. The summed E-state index contributed by atoms with van der Waals surface area (Å²) in [6.07, 6.45) is 0. The van der Waals surface area contributed by atoms with Crippen LogP contribution in [0.3, 0.4) is 0 Å². The monoisotopic (exact) mass is 407 g/mol. The van der Waals surface area contributed by atoms with Crippen LogP contribution in [-0.4, -0.2) is 59.0 Å². The average Bonchev–Trinajstić information content (AvgIpc) is 3.04. The molecular weight excluding hydrogens is 370 g/mol. The highest BCUT2D eigenvalue weighted by molar-refractivity contribution is 5.93. The van der Waals surface area contributed by atoms with Gasteiger partial charge in [0.05, 0.1) is 24.4 Å². The Morgan fingerprint density at radius 3 is 2.17 bits per heavy atom. The van der Waals surface area contributed by atoms with E-state index >= 15 is 0 Å². The molecular formula is C21H37N5O3. The lowest BCUT2D eigenvalue weighted by molar-refractivity contribution is -0.138. The fourth-order valence-electron chi connectivity index (χ4n) is 3.14. The zero-order valence-electron chi connectivity index (χ0n) is 19.1. The summed E-state index contributed by atoms with van der Waals surface area (Å²) in [5.74, 6) is 0.508. The fourth-order valence-corrected chi connectivity index (χ4v) is 3.14. The Kier molecular flexibility index (Phi) is 6.98. The van der Waals surface area contributed by atoms with E-state index in [0.29, 0.717) is 32.1 Å². The molecule has 1 aliphatic rings. The molecule has 3 amide bonds. The highest BCUT2D eigenvalue weighted by Gasteiger charge is 2.31. The SMILES string of the molecule is CC(C)[C@H](NC(=O)Nc1cc(C(C)(C)C)nn1C(C)(C)C)C(=O)N1CCOCC1. The van der Waals surface area contributed by atoms with Gasteiger partial charge in [0.15, 0.2) is 0 Å². The van der Waals surface area contributed by atoms with Crippen molar-refractivity contribution < 1.29 is 14.3 Å². The van der Waals surface area contributed by atoms with Gasteiger partial charge >= 0.3 is 6.03 Å². The summed E-state index contributed by atoms with van der Waals surface area (Å²) < 4.78 is 7.14. The topological polar surface area (TPSA) is 88.5 Å². The van der Waals surface area contributed by atoms with E-state index < -0.39 is 12.1 Å². The Labute approximate surface area is 174 Å². The number of hydrogen-bond donors (Lipinski definition) is 2. The number of carbonyl (C=O) groups is 2. The second-order valence-corrected chi connectivity index (χ2v) is 10.0. The van der Waals surface area contributed by atoms with Gasteiger partial charge in [-0.3, -0.25) is 10.1 Å². The van der Waals surface area contributed by atoms with Crippen molar-refractivity contribution in [2.45, 2.75) is 72.4 Å². The van der Waals surface area contributed by atoms with Gasteiger partial charge < -0.3 is 15.0 Å². The van der Waals surface area contributed by atoms with E-state index in [2.05, 4.69) is 31.4 Å². The van der Waals surface area contributed by atoms with Crippen molar-refractivity contribution in [2.24, 2.45) is 5.92 Å². The number of ether oxygens (including phenoxy) is 1. The number of aromatic nitrogens is 2. The van der Waals surface area contributed by atoms with Crippen molar-refractivity contribution >= 4 is 17.8 Å². The lowest BCUT2D eigenvalue weighted by Gasteiger charge is -2.32. The lowest BCUT2D eigenvalue weighted by atomic mass is 9.92. The van der Waals surface area contributed by atoms with Gasteiger partial charge in [-0.1, -0.05) is 34.6 Å². The van der Waals surface area contributed by atoms with Gasteiger partial charge in [0.1, 0.15) is 11.9 Å². The Bertz CT molecular complexity index is 722. The molecule has 2 rings (SSSR count). The molecule has 164 valence electrons. The number of rotatable bonds is 4. The number of nitrogens with zero attached hydrogens (tertiary/aromatic N) is 3. The minimum Gasteiger partial charge on any atom is -0.378 e. The molecule has 1 aromatic rings. The van der Waals surface area contributed by atoms with E-state index in [1.165, 1.54) is 0 Å². The first-order chi connectivity index (χ1) is 13.3. The third-order valence-electron chi connectivity index (χ3n) is 4.90. The maximum Gasteiger partial charge on any atom is 0.321 e. The van der Waals surface area contributed by atoms with Crippen molar-refractivity contribution in [3.8, 4) is 0 Å². The molecule has 1 atom stereocenters. The zero-order valence-corrected chi connectivity index (χ0v) is 19.1. The third-order valence-corrected chi connectivity index (χ3v) is 4.90. The van der Waals surface area contributed by atoms with Crippen LogP contribution in [-0.2, 0) is 20.5 Å². The second kappa shape index (κ2) is 8.73. The third kappa shape index (κ3) is 5.95. The van der Waals surface area contributed by atoms with Crippen LogP contribution >= 0.6 is 0 Å². The number of urea groups is 1. The van der Waals surface area contributed by atoms with Gasteiger partial charge in [0.25, 0.3) is 0 Å². The standard InChI is InChI=1S/C21H37N5O3/c1-14(2)17(18(27)25-9-11-29-12-10-25)23-19(28)22-16-13-15(20(3,4)5)24-26(16)21(6,7)8/h13-14,17H,9-12H2,1-8H3,(H2,22,23,28)/t17-/m0/s1. The van der Waals surface area contributed by atoms with Crippen molar-refractivity contribution in [3.63, 3.8) is 0 Å². The number of hydrogen-bond acceptors (Lipinski definition) is 4. The molecule has 0 aromatic carbocycles. The van der Waals surface area contributed by atoms with Crippen molar-refractivity contribution in [1.82, 2.24) is 20.0 Å². The predicted molar refractivity (Wildman–Crippen MR) is 114 cm³/mol. The molecule has 1 aromatic heterocycles. The summed E-state index contributed by atoms with van der Waals surface area (Å²) in [6, 6.07) is 0.899. The smallest absolute Gasteiger partial charge is 0.321 e. The van der Waals surface area contributed by atoms with Crippen molar-refractivity contribution in [2.75, 3.05) is 31.6 Å². The zero-order chi connectivity index (χ0) is 22.0. The van der Waals surface area contributed by atoms with Gasteiger partial charge in [-0.2, -0.15) is 5.10 Å². The summed E-state index contributed by atoms with van der Waals surface area (Å²) >= 11 is 0. The first-order valence-electron chi connectivity index (χ1n) is 10.4. The summed E-state index contributed by atoms with van der Waals surface area (Å²) in [4.78, 5) is 27.4. The molecule has 0 aliphatic carbocycles. The predicted octanol–water partition coefficient (Wildman–Crippen LogP) is 2.94. The number of morpholine rings is 1. The molecule has 0 spiro atoms. The van der Waals surface area contributed by atoms with Gasteiger partial charge in [0, 0.05) is 24.6 Å². The summed E-state index contributed by atoms with van der Waals surface area (Å²) in [5, 5.41) is 10.5. The summed E-state index contributed by atoms with van der Waals surface area (Å²) in [6.45, 7) is 18.4. The van der Waals surface area contributed by atoms with Crippen molar-refractivity contribution in [1.29, 1.82) is 0 Å². The van der Waals surface area contributed by atoms with E-state index in [-0.39, 0.29) is 22.8 Å². The molecule has 2 heterocycles. The molecule has 2 N–H and O–H groups in total. The lowest BCUT2D eigenvalue weighted by Crippen LogP contribution is -2.54. The normalized spacial score (nSPS) is 16.7. The minimum absolute atomic E-state index is 0.0336. The molecule has 0 saturated carbocycles. The first kappa shape index (κ1) is 23.2. The van der Waals surface area contributed by atoms with Gasteiger partial charge in [-0.15, -0.1) is 0 Å². The molecule has 8 heteroatoms. The minimum atomic E-state index is -0.596. The Balaban J connectivity index is 2.17. The Hall–Kier alpha value is -2.09. The van der Waals surface area contributed by atoms with Crippen LogP contribution in [0.5, 0.6) is 0 Å². The molecule has 0 unspecified atom stereocenters. The molecule has 1 saturated heterocycles. The summed E-state index contributed by atoms with van der Waals surface area (Å²) in [5.41, 5.74) is 0.455. The van der Waals surface area contributed by atoms with Crippen LogP contribution in [0.2, 0.25) is 0 Å². The molecule has 1 fully saturated rings. The molecule has 0 radical (unpaired) electrons. The summed E-state index contributed by atoms with van der Waals surface area (Å²) in [7, 11) is 0.